The molecule has 0 aliphatic rings. The van der Waals surface area contributed by atoms with Crippen molar-refractivity contribution in [2.24, 2.45) is 0 Å². The van der Waals surface area contributed by atoms with Crippen LogP contribution in [0.25, 0.3) is 0 Å². The first-order valence-electron chi connectivity index (χ1n) is 6.31. The Balaban J connectivity index is 1.65. The quantitative estimate of drug-likeness (QED) is 0.691. The minimum atomic E-state index is -0.219. The Hall–Kier alpha value is -2.67. The SMILES string of the molecule is Cc1csc(Nc2ccc(NC(=O)c3ccn[nH]3)cc2)n1. The van der Waals surface area contributed by atoms with Crippen LogP contribution in [0.4, 0.5) is 16.5 Å². The first-order valence-corrected chi connectivity index (χ1v) is 7.18. The van der Waals surface area contributed by atoms with Crippen LogP contribution in [0.3, 0.4) is 0 Å². The Labute approximate surface area is 125 Å². The van der Waals surface area contributed by atoms with E-state index in [-0.39, 0.29) is 5.91 Å². The second-order valence-corrected chi connectivity index (χ2v) is 5.28. The molecule has 3 aromatic rings. The summed E-state index contributed by atoms with van der Waals surface area (Å²) in [5.41, 5.74) is 3.06. The molecule has 3 rings (SSSR count). The fraction of sp³-hybridized carbons (Fsp3) is 0.0714. The van der Waals surface area contributed by atoms with E-state index in [0.29, 0.717) is 5.69 Å². The molecule has 0 aliphatic carbocycles. The lowest BCUT2D eigenvalue weighted by Crippen LogP contribution is -2.12. The van der Waals surface area contributed by atoms with E-state index in [0.717, 1.165) is 22.2 Å². The smallest absolute Gasteiger partial charge is 0.273 e. The third-order valence-corrected chi connectivity index (χ3v) is 3.63. The van der Waals surface area contributed by atoms with Gasteiger partial charge in [-0.05, 0) is 37.3 Å². The molecule has 1 aromatic carbocycles. The number of aromatic nitrogens is 3. The molecule has 3 N–H and O–H groups in total. The van der Waals surface area contributed by atoms with Crippen molar-refractivity contribution >= 4 is 33.8 Å². The first kappa shape index (κ1) is 13.3. The summed E-state index contributed by atoms with van der Waals surface area (Å²) in [7, 11) is 0. The van der Waals surface area contributed by atoms with Crippen LogP contribution in [-0.2, 0) is 0 Å². The van der Waals surface area contributed by atoms with Crippen LogP contribution < -0.4 is 10.6 Å². The Morgan fingerprint density at radius 1 is 1.19 bits per heavy atom. The highest BCUT2D eigenvalue weighted by atomic mass is 32.1. The van der Waals surface area contributed by atoms with Gasteiger partial charge in [-0.15, -0.1) is 11.3 Å². The van der Waals surface area contributed by atoms with Crippen LogP contribution in [0, 0.1) is 6.92 Å². The number of thiazole rings is 1. The van der Waals surface area contributed by atoms with Crippen LogP contribution in [0.5, 0.6) is 0 Å². The van der Waals surface area contributed by atoms with Gasteiger partial charge in [-0.25, -0.2) is 4.98 Å². The standard InChI is InChI=1S/C14H13N5OS/c1-9-8-21-14(16-9)18-11-4-2-10(3-5-11)17-13(20)12-6-7-15-19-12/h2-8H,1H3,(H,15,19)(H,16,18)(H,17,20). The zero-order valence-electron chi connectivity index (χ0n) is 11.3. The van der Waals surface area contributed by atoms with E-state index in [1.165, 1.54) is 6.20 Å². The number of hydrogen-bond donors (Lipinski definition) is 3. The summed E-state index contributed by atoms with van der Waals surface area (Å²) in [6.45, 7) is 1.95. The largest absolute Gasteiger partial charge is 0.332 e. The molecule has 0 unspecified atom stereocenters. The highest BCUT2D eigenvalue weighted by Crippen LogP contribution is 2.22. The van der Waals surface area contributed by atoms with Crippen molar-refractivity contribution in [3.05, 3.63) is 53.3 Å². The van der Waals surface area contributed by atoms with E-state index < -0.39 is 0 Å². The topological polar surface area (TPSA) is 82.7 Å². The molecule has 0 spiro atoms. The normalized spacial score (nSPS) is 10.3. The summed E-state index contributed by atoms with van der Waals surface area (Å²) in [5, 5.41) is 15.2. The van der Waals surface area contributed by atoms with Crippen LogP contribution in [0.2, 0.25) is 0 Å². The second-order valence-electron chi connectivity index (χ2n) is 4.42. The van der Waals surface area contributed by atoms with Crippen LogP contribution >= 0.6 is 11.3 Å². The van der Waals surface area contributed by atoms with Gasteiger partial charge >= 0.3 is 0 Å². The summed E-state index contributed by atoms with van der Waals surface area (Å²) in [5.74, 6) is -0.219. The number of carbonyl (C=O) groups is 1. The Morgan fingerprint density at radius 2 is 1.95 bits per heavy atom. The lowest BCUT2D eigenvalue weighted by molar-refractivity contribution is 0.102. The first-order chi connectivity index (χ1) is 10.2. The van der Waals surface area contributed by atoms with E-state index in [2.05, 4.69) is 25.8 Å². The van der Waals surface area contributed by atoms with E-state index in [4.69, 9.17) is 0 Å². The predicted molar refractivity (Wildman–Crippen MR) is 83.1 cm³/mol. The summed E-state index contributed by atoms with van der Waals surface area (Å²) in [6.07, 6.45) is 1.54. The lowest BCUT2D eigenvalue weighted by atomic mass is 10.2. The fourth-order valence-electron chi connectivity index (χ4n) is 1.75. The third kappa shape index (κ3) is 3.26. The van der Waals surface area contributed by atoms with E-state index in [9.17, 15) is 4.79 Å². The molecule has 106 valence electrons. The average Bonchev–Trinajstić information content (AvgIpc) is 3.13. The number of nitrogens with zero attached hydrogens (tertiary/aromatic N) is 2. The average molecular weight is 299 g/mol. The van der Waals surface area contributed by atoms with Gasteiger partial charge in [0.1, 0.15) is 5.69 Å². The van der Waals surface area contributed by atoms with Crippen LogP contribution in [0.1, 0.15) is 16.2 Å². The molecule has 0 radical (unpaired) electrons. The highest BCUT2D eigenvalue weighted by molar-refractivity contribution is 7.13. The molecule has 6 nitrogen and oxygen atoms in total. The number of rotatable bonds is 4. The lowest BCUT2D eigenvalue weighted by Gasteiger charge is -2.06. The van der Waals surface area contributed by atoms with Crippen molar-refractivity contribution < 1.29 is 4.79 Å². The molecular formula is C14H13N5OS. The van der Waals surface area contributed by atoms with Gasteiger partial charge in [0.2, 0.25) is 0 Å². The van der Waals surface area contributed by atoms with Gasteiger partial charge in [0.05, 0.1) is 5.69 Å². The Bertz CT molecular complexity index is 733. The zero-order valence-corrected chi connectivity index (χ0v) is 12.1. The summed E-state index contributed by atoms with van der Waals surface area (Å²) < 4.78 is 0. The van der Waals surface area contributed by atoms with E-state index in [1.807, 2.05) is 36.6 Å². The number of anilines is 3. The predicted octanol–water partition coefficient (Wildman–Crippen LogP) is 3.17. The maximum Gasteiger partial charge on any atom is 0.273 e. The number of aromatic amines is 1. The molecular weight excluding hydrogens is 286 g/mol. The van der Waals surface area contributed by atoms with Crippen molar-refractivity contribution in [3.8, 4) is 0 Å². The molecule has 0 aliphatic heterocycles. The summed E-state index contributed by atoms with van der Waals surface area (Å²) in [6, 6.07) is 9.06. The molecule has 0 saturated carbocycles. The number of hydrogen-bond acceptors (Lipinski definition) is 5. The summed E-state index contributed by atoms with van der Waals surface area (Å²) >= 11 is 1.55. The maximum absolute atomic E-state index is 11.8. The Morgan fingerprint density at radius 3 is 2.57 bits per heavy atom. The van der Waals surface area contributed by atoms with Crippen molar-refractivity contribution in [2.45, 2.75) is 6.92 Å². The monoisotopic (exact) mass is 299 g/mol. The van der Waals surface area contributed by atoms with Crippen LogP contribution in [-0.4, -0.2) is 21.1 Å². The fourth-order valence-corrected chi connectivity index (χ4v) is 2.46. The molecule has 1 amide bonds. The maximum atomic E-state index is 11.8. The molecule has 0 atom stereocenters. The number of aryl methyl sites for hydroxylation is 1. The van der Waals surface area contributed by atoms with Crippen molar-refractivity contribution in [3.63, 3.8) is 0 Å². The van der Waals surface area contributed by atoms with Crippen molar-refractivity contribution in [1.82, 2.24) is 15.2 Å². The zero-order chi connectivity index (χ0) is 14.7. The van der Waals surface area contributed by atoms with Crippen molar-refractivity contribution in [2.75, 3.05) is 10.6 Å². The Kier molecular flexibility index (Phi) is 3.65. The number of H-pyrrole nitrogens is 1. The van der Waals surface area contributed by atoms with Gasteiger partial charge in [0.15, 0.2) is 5.13 Å². The van der Waals surface area contributed by atoms with Crippen molar-refractivity contribution in [1.29, 1.82) is 0 Å². The van der Waals surface area contributed by atoms with Gasteiger partial charge in [-0.1, -0.05) is 0 Å². The van der Waals surface area contributed by atoms with Gasteiger partial charge in [0.25, 0.3) is 5.91 Å². The van der Waals surface area contributed by atoms with Gasteiger partial charge in [-0.3, -0.25) is 9.89 Å². The number of amides is 1. The molecule has 0 fully saturated rings. The molecule has 2 heterocycles. The summed E-state index contributed by atoms with van der Waals surface area (Å²) in [4.78, 5) is 16.2. The molecule has 0 bridgehead atoms. The molecule has 0 saturated heterocycles. The van der Waals surface area contributed by atoms with Gasteiger partial charge in [-0.2, -0.15) is 5.10 Å². The molecule has 7 heteroatoms. The third-order valence-electron chi connectivity index (χ3n) is 2.76. The molecule has 2 aromatic heterocycles. The minimum Gasteiger partial charge on any atom is -0.332 e. The number of benzene rings is 1. The minimum absolute atomic E-state index is 0.219. The van der Waals surface area contributed by atoms with Gasteiger partial charge < -0.3 is 10.6 Å². The number of carbonyl (C=O) groups excluding carboxylic acids is 1. The van der Waals surface area contributed by atoms with E-state index in [1.54, 1.807) is 17.4 Å². The van der Waals surface area contributed by atoms with Crippen LogP contribution in [0.15, 0.2) is 41.9 Å². The second kappa shape index (κ2) is 5.76. The highest BCUT2D eigenvalue weighted by Gasteiger charge is 2.07. The molecule has 21 heavy (non-hydrogen) atoms. The number of nitrogens with one attached hydrogen (secondary N) is 3. The van der Waals surface area contributed by atoms with Gasteiger partial charge in [0, 0.05) is 23.0 Å². The van der Waals surface area contributed by atoms with E-state index >= 15 is 0 Å².